The molecule has 0 aliphatic carbocycles. The van der Waals surface area contributed by atoms with Crippen LogP contribution in [0.15, 0.2) is 12.1 Å². The van der Waals surface area contributed by atoms with Gasteiger partial charge in [0.1, 0.15) is 5.75 Å². The third-order valence-corrected chi connectivity index (χ3v) is 3.66. The minimum atomic E-state index is 0.628. The van der Waals surface area contributed by atoms with E-state index in [1.54, 1.807) is 0 Å². The van der Waals surface area contributed by atoms with Gasteiger partial charge >= 0.3 is 0 Å². The molecular formula is C15H23ClN2O. The molecule has 0 amide bonds. The Hall–Kier alpha value is -0.770. The minimum Gasteiger partial charge on any atom is -0.493 e. The van der Waals surface area contributed by atoms with Crippen LogP contribution in [0.1, 0.15) is 18.1 Å². The highest BCUT2D eigenvalue weighted by Crippen LogP contribution is 2.33. The van der Waals surface area contributed by atoms with E-state index in [1.807, 2.05) is 19.2 Å². The van der Waals surface area contributed by atoms with E-state index in [2.05, 4.69) is 24.2 Å². The number of nitrogens with one attached hydrogen (secondary N) is 1. The molecule has 0 saturated heterocycles. The maximum Gasteiger partial charge on any atom is 0.127 e. The Bertz CT molecular complexity index is 436. The van der Waals surface area contributed by atoms with Gasteiger partial charge in [0.2, 0.25) is 0 Å². The molecule has 1 aliphatic heterocycles. The highest BCUT2D eigenvalue weighted by Gasteiger charge is 2.18. The minimum absolute atomic E-state index is 0.628. The molecule has 1 aliphatic rings. The van der Waals surface area contributed by atoms with Crippen LogP contribution < -0.4 is 10.1 Å². The second-order valence-electron chi connectivity index (χ2n) is 5.51. The monoisotopic (exact) mass is 282 g/mol. The molecule has 2 rings (SSSR count). The van der Waals surface area contributed by atoms with Crippen molar-refractivity contribution in [1.82, 2.24) is 10.2 Å². The lowest BCUT2D eigenvalue weighted by molar-refractivity contribution is 0.270. The summed E-state index contributed by atoms with van der Waals surface area (Å²) < 4.78 is 5.74. The van der Waals surface area contributed by atoms with Crippen LogP contribution in [0.25, 0.3) is 0 Å². The molecule has 19 heavy (non-hydrogen) atoms. The van der Waals surface area contributed by atoms with Gasteiger partial charge in [0.05, 0.1) is 6.61 Å². The van der Waals surface area contributed by atoms with Gasteiger partial charge in [-0.2, -0.15) is 0 Å². The Balaban J connectivity index is 2.03. The van der Waals surface area contributed by atoms with Crippen molar-refractivity contribution < 1.29 is 4.74 Å². The zero-order valence-corrected chi connectivity index (χ0v) is 12.8. The Kier molecular flexibility index (Phi) is 5.08. The summed E-state index contributed by atoms with van der Waals surface area (Å²) in [6.45, 7) is 6.02. The zero-order chi connectivity index (χ0) is 13.8. The summed E-state index contributed by atoms with van der Waals surface area (Å²) in [4.78, 5) is 2.33. The van der Waals surface area contributed by atoms with E-state index in [0.29, 0.717) is 5.92 Å². The number of rotatable bonds is 6. The van der Waals surface area contributed by atoms with Gasteiger partial charge in [0.25, 0.3) is 0 Å². The van der Waals surface area contributed by atoms with Crippen molar-refractivity contribution in [2.75, 3.05) is 33.8 Å². The third kappa shape index (κ3) is 3.85. The molecule has 1 aromatic rings. The van der Waals surface area contributed by atoms with Gasteiger partial charge in [-0.25, -0.2) is 0 Å². The molecule has 1 unspecified atom stereocenters. The summed E-state index contributed by atoms with van der Waals surface area (Å²) in [6, 6.07) is 4.06. The number of fused-ring (bicyclic) bond motifs is 1. The van der Waals surface area contributed by atoms with Crippen LogP contribution in [0.5, 0.6) is 5.75 Å². The molecule has 106 valence electrons. The Morgan fingerprint density at radius 1 is 1.47 bits per heavy atom. The standard InChI is InChI=1S/C15H23ClN2O/c1-11(8-17-2)9-18(3)10-13-7-14(16)6-12-4-5-19-15(12)13/h6-7,11,17H,4-5,8-10H2,1-3H3. The fraction of sp³-hybridized carbons (Fsp3) is 0.600. The predicted octanol–water partition coefficient (Wildman–Crippen LogP) is 2.56. The summed E-state index contributed by atoms with van der Waals surface area (Å²) in [5.41, 5.74) is 2.46. The first-order chi connectivity index (χ1) is 9.10. The molecule has 1 heterocycles. The molecule has 0 aromatic heterocycles. The quantitative estimate of drug-likeness (QED) is 0.868. The molecule has 0 saturated carbocycles. The zero-order valence-electron chi connectivity index (χ0n) is 12.0. The number of benzene rings is 1. The second kappa shape index (κ2) is 6.60. The second-order valence-corrected chi connectivity index (χ2v) is 5.95. The summed E-state index contributed by atoms with van der Waals surface area (Å²) in [5.74, 6) is 1.68. The van der Waals surface area contributed by atoms with Gasteiger partial charge in [-0.1, -0.05) is 18.5 Å². The number of nitrogens with zero attached hydrogens (tertiary/aromatic N) is 1. The molecule has 3 nitrogen and oxygen atoms in total. The molecule has 1 atom stereocenters. The summed E-state index contributed by atoms with van der Waals surface area (Å²) in [5, 5.41) is 4.03. The molecule has 0 spiro atoms. The fourth-order valence-electron chi connectivity index (χ4n) is 2.76. The van der Waals surface area contributed by atoms with Crippen molar-refractivity contribution in [1.29, 1.82) is 0 Å². The van der Waals surface area contributed by atoms with Crippen molar-refractivity contribution in [3.63, 3.8) is 0 Å². The van der Waals surface area contributed by atoms with Crippen LogP contribution in [-0.2, 0) is 13.0 Å². The Morgan fingerprint density at radius 3 is 3.00 bits per heavy atom. The lowest BCUT2D eigenvalue weighted by Crippen LogP contribution is -2.29. The predicted molar refractivity (Wildman–Crippen MR) is 80.1 cm³/mol. The van der Waals surface area contributed by atoms with E-state index in [9.17, 15) is 0 Å². The summed E-state index contributed by atoms with van der Waals surface area (Å²) >= 11 is 6.18. The maximum absolute atomic E-state index is 6.18. The lowest BCUT2D eigenvalue weighted by atomic mass is 10.1. The van der Waals surface area contributed by atoms with Crippen LogP contribution in [0.2, 0.25) is 5.02 Å². The van der Waals surface area contributed by atoms with Gasteiger partial charge < -0.3 is 15.0 Å². The SMILES string of the molecule is CNCC(C)CN(C)Cc1cc(Cl)cc2c1OCC2. The third-order valence-electron chi connectivity index (χ3n) is 3.44. The smallest absolute Gasteiger partial charge is 0.127 e. The van der Waals surface area contributed by atoms with Gasteiger partial charge in [-0.3, -0.25) is 0 Å². The number of hydrogen-bond donors (Lipinski definition) is 1. The average molecular weight is 283 g/mol. The van der Waals surface area contributed by atoms with Crippen LogP contribution in [0, 0.1) is 5.92 Å². The van der Waals surface area contributed by atoms with E-state index in [-0.39, 0.29) is 0 Å². The van der Waals surface area contributed by atoms with Crippen molar-refractivity contribution >= 4 is 11.6 Å². The van der Waals surface area contributed by atoms with Gasteiger partial charge in [-0.15, -0.1) is 0 Å². The molecule has 0 fully saturated rings. The van der Waals surface area contributed by atoms with Crippen LogP contribution in [0.4, 0.5) is 0 Å². The molecule has 0 bridgehead atoms. The number of ether oxygens (including phenoxy) is 1. The topological polar surface area (TPSA) is 24.5 Å². The highest BCUT2D eigenvalue weighted by molar-refractivity contribution is 6.30. The first-order valence-corrected chi connectivity index (χ1v) is 7.25. The molecular weight excluding hydrogens is 260 g/mol. The van der Waals surface area contributed by atoms with Gasteiger partial charge in [-0.05, 0) is 44.3 Å². The van der Waals surface area contributed by atoms with Crippen molar-refractivity contribution in [2.24, 2.45) is 5.92 Å². The van der Waals surface area contributed by atoms with Crippen LogP contribution >= 0.6 is 11.6 Å². The van der Waals surface area contributed by atoms with Gasteiger partial charge in [0, 0.05) is 30.1 Å². The van der Waals surface area contributed by atoms with E-state index in [1.165, 1.54) is 11.1 Å². The van der Waals surface area contributed by atoms with Crippen LogP contribution in [0.3, 0.4) is 0 Å². The van der Waals surface area contributed by atoms with E-state index in [0.717, 1.165) is 43.4 Å². The summed E-state index contributed by atoms with van der Waals surface area (Å²) in [7, 11) is 4.14. The van der Waals surface area contributed by atoms with Crippen molar-refractivity contribution in [3.05, 3.63) is 28.3 Å². The normalized spacial score (nSPS) is 15.4. The average Bonchev–Trinajstić information content (AvgIpc) is 2.76. The Morgan fingerprint density at radius 2 is 2.26 bits per heavy atom. The lowest BCUT2D eigenvalue weighted by Gasteiger charge is -2.22. The molecule has 0 radical (unpaired) electrons. The van der Waals surface area contributed by atoms with E-state index < -0.39 is 0 Å². The largest absolute Gasteiger partial charge is 0.493 e. The number of hydrogen-bond acceptors (Lipinski definition) is 3. The molecule has 1 N–H and O–H groups in total. The summed E-state index contributed by atoms with van der Waals surface area (Å²) in [6.07, 6.45) is 0.975. The highest BCUT2D eigenvalue weighted by atomic mass is 35.5. The fourth-order valence-corrected chi connectivity index (χ4v) is 3.03. The first kappa shape index (κ1) is 14.6. The molecule has 4 heteroatoms. The van der Waals surface area contributed by atoms with E-state index >= 15 is 0 Å². The number of halogens is 1. The molecule has 1 aromatic carbocycles. The Labute approximate surface area is 120 Å². The van der Waals surface area contributed by atoms with Crippen LogP contribution in [-0.4, -0.2) is 38.7 Å². The maximum atomic E-state index is 6.18. The van der Waals surface area contributed by atoms with Gasteiger partial charge in [0.15, 0.2) is 0 Å². The van der Waals surface area contributed by atoms with E-state index in [4.69, 9.17) is 16.3 Å². The first-order valence-electron chi connectivity index (χ1n) is 6.87. The van der Waals surface area contributed by atoms with Crippen molar-refractivity contribution in [3.8, 4) is 5.75 Å². The van der Waals surface area contributed by atoms with Crippen molar-refractivity contribution in [2.45, 2.75) is 19.9 Å².